The summed E-state index contributed by atoms with van der Waals surface area (Å²) in [5.41, 5.74) is -0.650. The molecule has 2 heterocycles. The molecular formula is C21H23F3N4O3. The Labute approximate surface area is 177 Å². The van der Waals surface area contributed by atoms with Crippen molar-refractivity contribution in [3.63, 3.8) is 0 Å². The molecule has 0 spiro atoms. The highest BCUT2D eigenvalue weighted by Crippen LogP contribution is 2.51. The van der Waals surface area contributed by atoms with Crippen LogP contribution in [-0.2, 0) is 11.3 Å². The van der Waals surface area contributed by atoms with Crippen LogP contribution in [0.2, 0.25) is 0 Å². The van der Waals surface area contributed by atoms with Gasteiger partial charge in [-0.25, -0.2) is 9.97 Å². The number of alkyl halides is 3. The lowest BCUT2D eigenvalue weighted by Gasteiger charge is -2.20. The zero-order chi connectivity index (χ0) is 22.8. The van der Waals surface area contributed by atoms with E-state index < -0.39 is 11.8 Å². The molecule has 0 unspecified atom stereocenters. The van der Waals surface area contributed by atoms with Gasteiger partial charge in [-0.3, -0.25) is 9.59 Å². The Morgan fingerprint density at radius 3 is 2.48 bits per heavy atom. The highest BCUT2D eigenvalue weighted by atomic mass is 19.4. The van der Waals surface area contributed by atoms with Crippen LogP contribution in [0.4, 0.5) is 19.0 Å². The van der Waals surface area contributed by atoms with Crippen LogP contribution in [0.3, 0.4) is 0 Å². The van der Waals surface area contributed by atoms with Gasteiger partial charge in [0.25, 0.3) is 5.91 Å². The molecule has 2 aromatic heterocycles. The molecule has 2 N–H and O–H groups in total. The number of carbonyl (C=O) groups excluding carboxylic acids is 2. The first kappa shape index (κ1) is 22.5. The average Bonchev–Trinajstić information content (AvgIpc) is 3.47. The average molecular weight is 436 g/mol. The van der Waals surface area contributed by atoms with E-state index in [-0.39, 0.29) is 48.8 Å². The van der Waals surface area contributed by atoms with E-state index in [0.717, 1.165) is 0 Å². The number of amides is 2. The van der Waals surface area contributed by atoms with Crippen molar-refractivity contribution in [2.45, 2.75) is 51.9 Å². The molecule has 0 aromatic carbocycles. The van der Waals surface area contributed by atoms with E-state index >= 15 is 0 Å². The first-order chi connectivity index (χ1) is 14.5. The Hall–Kier alpha value is -3.17. The van der Waals surface area contributed by atoms with Gasteiger partial charge in [0, 0.05) is 48.8 Å². The third kappa shape index (κ3) is 5.50. The molecule has 166 valence electrons. The van der Waals surface area contributed by atoms with E-state index in [1.165, 1.54) is 18.3 Å². The molecule has 0 radical (unpaired) electrons. The number of nitrogens with zero attached hydrogens (tertiary/aromatic N) is 2. The topological polar surface area (TPSA) is 93.2 Å². The molecule has 0 aliphatic heterocycles. The maximum Gasteiger partial charge on any atom is 0.428 e. The number of halogens is 3. The summed E-state index contributed by atoms with van der Waals surface area (Å²) in [7, 11) is 0. The lowest BCUT2D eigenvalue weighted by molar-refractivity contribution is -0.209. The van der Waals surface area contributed by atoms with Crippen molar-refractivity contribution in [3.8, 4) is 5.88 Å². The molecule has 2 aromatic rings. The highest BCUT2D eigenvalue weighted by Gasteiger charge is 2.66. The number of hydrogen-bond acceptors (Lipinski definition) is 5. The first-order valence-electron chi connectivity index (χ1n) is 9.77. The second kappa shape index (κ2) is 8.52. The monoisotopic (exact) mass is 436 g/mol. The summed E-state index contributed by atoms with van der Waals surface area (Å²) in [5.74, 6) is -0.660. The van der Waals surface area contributed by atoms with Crippen LogP contribution in [0.5, 0.6) is 5.88 Å². The number of hydrogen-bond donors (Lipinski definition) is 2. The van der Waals surface area contributed by atoms with Crippen molar-refractivity contribution in [2.24, 2.45) is 5.92 Å². The van der Waals surface area contributed by atoms with E-state index in [2.05, 4.69) is 20.6 Å². The Balaban J connectivity index is 1.59. The maximum atomic E-state index is 13.0. The number of nitrogens with one attached hydrogen (secondary N) is 2. The van der Waals surface area contributed by atoms with E-state index in [4.69, 9.17) is 4.74 Å². The molecule has 0 bridgehead atoms. The summed E-state index contributed by atoms with van der Waals surface area (Å²) in [6, 6.07) is 5.95. The van der Waals surface area contributed by atoms with Gasteiger partial charge in [-0.1, -0.05) is 19.9 Å². The van der Waals surface area contributed by atoms with Gasteiger partial charge in [-0.2, -0.15) is 13.2 Å². The molecule has 2 amide bonds. The molecule has 31 heavy (non-hydrogen) atoms. The lowest BCUT2D eigenvalue weighted by atomic mass is 10.2. The fraction of sp³-hybridized carbons (Fsp3) is 0.429. The van der Waals surface area contributed by atoms with Crippen molar-refractivity contribution in [3.05, 3.63) is 47.3 Å². The van der Waals surface area contributed by atoms with Crippen LogP contribution in [0.15, 0.2) is 30.5 Å². The standard InChI is InChI=1S/C21H23F3N4O3/c1-12(2)18(29)28-16-9-15(8-13(3)27-16)19(30)26-11-14-4-5-17(25-10-14)31-20(6-7-20)21(22,23)24/h4-5,8-10,12H,6-7,11H2,1-3H3,(H,26,30)(H,27,28,29). The van der Waals surface area contributed by atoms with E-state index in [9.17, 15) is 22.8 Å². The molecule has 0 saturated heterocycles. The SMILES string of the molecule is Cc1cc(C(=O)NCc2ccc(OC3(C(F)(F)F)CC3)nc2)cc(NC(=O)C(C)C)n1. The summed E-state index contributed by atoms with van der Waals surface area (Å²) in [5, 5.41) is 5.37. The minimum atomic E-state index is -4.43. The molecule has 1 aliphatic rings. The predicted octanol–water partition coefficient (Wildman–Crippen LogP) is 3.78. The minimum Gasteiger partial charge on any atom is -0.461 e. The van der Waals surface area contributed by atoms with Gasteiger partial charge < -0.3 is 15.4 Å². The minimum absolute atomic E-state index is 0.0824. The number of rotatable bonds is 7. The Kier molecular flexibility index (Phi) is 6.19. The molecule has 0 atom stereocenters. The molecule has 1 aliphatic carbocycles. The van der Waals surface area contributed by atoms with Crippen molar-refractivity contribution < 1.29 is 27.5 Å². The third-order valence-electron chi connectivity index (χ3n) is 4.76. The second-order valence-corrected chi connectivity index (χ2v) is 7.81. The van der Waals surface area contributed by atoms with Gasteiger partial charge >= 0.3 is 6.18 Å². The Bertz CT molecular complexity index is 971. The van der Waals surface area contributed by atoms with Gasteiger partial charge in [0.1, 0.15) is 5.82 Å². The van der Waals surface area contributed by atoms with Crippen molar-refractivity contribution in [1.29, 1.82) is 0 Å². The van der Waals surface area contributed by atoms with Crippen molar-refractivity contribution in [1.82, 2.24) is 15.3 Å². The van der Waals surface area contributed by atoms with Gasteiger partial charge in [0.15, 0.2) is 0 Å². The summed E-state index contributed by atoms with van der Waals surface area (Å²) >= 11 is 0. The quantitative estimate of drug-likeness (QED) is 0.689. The van der Waals surface area contributed by atoms with Crippen LogP contribution in [0.1, 0.15) is 48.3 Å². The first-order valence-corrected chi connectivity index (χ1v) is 9.77. The lowest BCUT2D eigenvalue weighted by Crippen LogP contribution is -2.37. The number of carbonyl (C=O) groups is 2. The molecule has 1 saturated carbocycles. The highest BCUT2D eigenvalue weighted by molar-refractivity contribution is 5.97. The molecule has 1 fully saturated rings. The van der Waals surface area contributed by atoms with Gasteiger partial charge in [-0.05, 0) is 24.6 Å². The third-order valence-corrected chi connectivity index (χ3v) is 4.76. The summed E-state index contributed by atoms with van der Waals surface area (Å²) in [4.78, 5) is 32.5. The fourth-order valence-corrected chi connectivity index (χ4v) is 2.75. The molecule has 3 rings (SSSR count). The Morgan fingerprint density at radius 1 is 1.23 bits per heavy atom. The van der Waals surface area contributed by atoms with Crippen LogP contribution >= 0.6 is 0 Å². The molecular weight excluding hydrogens is 413 g/mol. The number of aryl methyl sites for hydroxylation is 1. The van der Waals surface area contributed by atoms with E-state index in [1.54, 1.807) is 32.9 Å². The predicted molar refractivity (Wildman–Crippen MR) is 106 cm³/mol. The van der Waals surface area contributed by atoms with E-state index in [1.807, 2.05) is 0 Å². The normalized spacial score (nSPS) is 14.8. The molecule has 10 heteroatoms. The largest absolute Gasteiger partial charge is 0.461 e. The van der Waals surface area contributed by atoms with Crippen LogP contribution in [0.25, 0.3) is 0 Å². The van der Waals surface area contributed by atoms with Crippen molar-refractivity contribution >= 4 is 17.6 Å². The van der Waals surface area contributed by atoms with Crippen LogP contribution < -0.4 is 15.4 Å². The van der Waals surface area contributed by atoms with Crippen LogP contribution in [-0.4, -0.2) is 33.6 Å². The van der Waals surface area contributed by atoms with E-state index in [0.29, 0.717) is 16.8 Å². The number of pyridine rings is 2. The smallest absolute Gasteiger partial charge is 0.428 e. The maximum absolute atomic E-state index is 13.0. The number of ether oxygens (including phenoxy) is 1. The zero-order valence-electron chi connectivity index (χ0n) is 17.3. The summed E-state index contributed by atoms with van der Waals surface area (Å²) < 4.78 is 43.9. The number of anilines is 1. The number of aromatic nitrogens is 2. The molecule has 7 nitrogen and oxygen atoms in total. The Morgan fingerprint density at radius 2 is 1.94 bits per heavy atom. The summed E-state index contributed by atoms with van der Waals surface area (Å²) in [6.45, 7) is 5.32. The van der Waals surface area contributed by atoms with Gasteiger partial charge in [0.2, 0.25) is 17.4 Å². The van der Waals surface area contributed by atoms with Gasteiger partial charge in [0.05, 0.1) is 0 Å². The second-order valence-electron chi connectivity index (χ2n) is 7.81. The van der Waals surface area contributed by atoms with Crippen molar-refractivity contribution in [2.75, 3.05) is 5.32 Å². The zero-order valence-corrected chi connectivity index (χ0v) is 17.3. The summed E-state index contributed by atoms with van der Waals surface area (Å²) in [6.07, 6.45) is -3.24. The van der Waals surface area contributed by atoms with Crippen LogP contribution in [0, 0.1) is 12.8 Å². The van der Waals surface area contributed by atoms with Gasteiger partial charge in [-0.15, -0.1) is 0 Å². The fourth-order valence-electron chi connectivity index (χ4n) is 2.75.